The molecule has 20 heavy (non-hydrogen) atoms. The SMILES string of the molecule is Fc1ccc2[nH]c3c(c2c1)C[C@H](CNC1CCC1)CC3. The number of hydrogen-bond donors (Lipinski definition) is 2. The number of hydrogen-bond acceptors (Lipinski definition) is 1. The first kappa shape index (κ1) is 12.4. The van der Waals surface area contributed by atoms with Gasteiger partial charge >= 0.3 is 0 Å². The van der Waals surface area contributed by atoms with Crippen LogP contribution in [0.4, 0.5) is 4.39 Å². The van der Waals surface area contributed by atoms with Gasteiger partial charge in [-0.15, -0.1) is 0 Å². The molecule has 4 rings (SSSR count). The van der Waals surface area contributed by atoms with Gasteiger partial charge < -0.3 is 10.3 Å². The van der Waals surface area contributed by atoms with Gasteiger partial charge in [-0.25, -0.2) is 4.39 Å². The molecular weight excluding hydrogens is 251 g/mol. The molecule has 0 saturated heterocycles. The fourth-order valence-corrected chi connectivity index (χ4v) is 3.58. The molecule has 2 aliphatic rings. The van der Waals surface area contributed by atoms with Gasteiger partial charge in [-0.05, 0) is 68.3 Å². The van der Waals surface area contributed by atoms with E-state index in [4.69, 9.17) is 0 Å². The molecule has 1 aromatic heterocycles. The van der Waals surface area contributed by atoms with Crippen molar-refractivity contribution < 1.29 is 4.39 Å². The second-order valence-electron chi connectivity index (χ2n) is 6.42. The molecule has 1 saturated carbocycles. The van der Waals surface area contributed by atoms with Crippen LogP contribution in [-0.4, -0.2) is 17.6 Å². The number of aromatic amines is 1. The Labute approximate surface area is 118 Å². The number of benzene rings is 1. The summed E-state index contributed by atoms with van der Waals surface area (Å²) in [6.45, 7) is 1.12. The van der Waals surface area contributed by atoms with Crippen molar-refractivity contribution >= 4 is 10.9 Å². The smallest absolute Gasteiger partial charge is 0.123 e. The van der Waals surface area contributed by atoms with E-state index in [0.29, 0.717) is 5.92 Å². The van der Waals surface area contributed by atoms with E-state index in [0.717, 1.165) is 36.3 Å². The molecule has 0 aliphatic heterocycles. The van der Waals surface area contributed by atoms with Gasteiger partial charge in [-0.3, -0.25) is 0 Å². The highest BCUT2D eigenvalue weighted by Crippen LogP contribution is 2.32. The van der Waals surface area contributed by atoms with Crippen LogP contribution in [0.2, 0.25) is 0 Å². The van der Waals surface area contributed by atoms with E-state index in [-0.39, 0.29) is 5.82 Å². The molecular formula is C17H21FN2. The Kier molecular flexibility index (Phi) is 3.03. The Balaban J connectivity index is 1.54. The summed E-state index contributed by atoms with van der Waals surface area (Å²) in [5.74, 6) is 0.569. The van der Waals surface area contributed by atoms with E-state index in [1.807, 2.05) is 6.07 Å². The van der Waals surface area contributed by atoms with E-state index >= 15 is 0 Å². The van der Waals surface area contributed by atoms with Crippen LogP contribution in [0.25, 0.3) is 10.9 Å². The fourth-order valence-electron chi connectivity index (χ4n) is 3.58. The Hall–Kier alpha value is -1.35. The molecule has 0 spiro atoms. The Morgan fingerprint density at radius 2 is 2.15 bits per heavy atom. The zero-order valence-electron chi connectivity index (χ0n) is 11.7. The van der Waals surface area contributed by atoms with Gasteiger partial charge in [-0.1, -0.05) is 6.42 Å². The highest BCUT2D eigenvalue weighted by atomic mass is 19.1. The fraction of sp³-hybridized carbons (Fsp3) is 0.529. The zero-order valence-corrected chi connectivity index (χ0v) is 11.7. The van der Waals surface area contributed by atoms with E-state index in [1.54, 1.807) is 12.1 Å². The first-order valence-electron chi connectivity index (χ1n) is 7.82. The Morgan fingerprint density at radius 3 is 2.95 bits per heavy atom. The number of H-pyrrole nitrogens is 1. The molecule has 1 fully saturated rings. The summed E-state index contributed by atoms with van der Waals surface area (Å²) in [6, 6.07) is 5.86. The minimum Gasteiger partial charge on any atom is -0.358 e. The van der Waals surface area contributed by atoms with Crippen LogP contribution in [0, 0.1) is 11.7 Å². The zero-order chi connectivity index (χ0) is 13.5. The summed E-state index contributed by atoms with van der Waals surface area (Å²) in [6.07, 6.45) is 7.49. The summed E-state index contributed by atoms with van der Waals surface area (Å²) >= 11 is 0. The quantitative estimate of drug-likeness (QED) is 0.878. The van der Waals surface area contributed by atoms with Gasteiger partial charge in [-0.2, -0.15) is 0 Å². The molecule has 2 aromatic rings. The van der Waals surface area contributed by atoms with Crippen molar-refractivity contribution in [3.63, 3.8) is 0 Å². The van der Waals surface area contributed by atoms with E-state index in [2.05, 4.69) is 10.3 Å². The predicted octanol–water partition coefficient (Wildman–Crippen LogP) is 3.55. The standard InChI is InChI=1S/C17H21FN2/c18-12-5-7-17-15(9-12)14-8-11(4-6-16(14)20-17)10-19-13-2-1-3-13/h5,7,9,11,13,19-20H,1-4,6,8,10H2/t11-/m1/s1. The summed E-state index contributed by atoms with van der Waals surface area (Å²) in [7, 11) is 0. The molecule has 106 valence electrons. The third-order valence-corrected chi connectivity index (χ3v) is 5.05. The number of fused-ring (bicyclic) bond motifs is 3. The molecule has 2 aliphatic carbocycles. The predicted molar refractivity (Wildman–Crippen MR) is 79.4 cm³/mol. The molecule has 3 heteroatoms. The number of aryl methyl sites for hydroxylation is 1. The van der Waals surface area contributed by atoms with Crippen molar-refractivity contribution in [1.29, 1.82) is 0 Å². The maximum Gasteiger partial charge on any atom is 0.123 e. The highest BCUT2D eigenvalue weighted by Gasteiger charge is 2.24. The van der Waals surface area contributed by atoms with Crippen LogP contribution in [-0.2, 0) is 12.8 Å². The third kappa shape index (κ3) is 2.14. The number of rotatable bonds is 3. The average molecular weight is 272 g/mol. The third-order valence-electron chi connectivity index (χ3n) is 5.05. The van der Waals surface area contributed by atoms with Gasteiger partial charge in [0.05, 0.1) is 0 Å². The van der Waals surface area contributed by atoms with E-state index < -0.39 is 0 Å². The van der Waals surface area contributed by atoms with Crippen molar-refractivity contribution in [2.45, 2.75) is 44.6 Å². The van der Waals surface area contributed by atoms with Crippen molar-refractivity contribution in [2.75, 3.05) is 6.54 Å². The van der Waals surface area contributed by atoms with Crippen LogP contribution in [0.5, 0.6) is 0 Å². The van der Waals surface area contributed by atoms with Crippen molar-refractivity contribution in [2.24, 2.45) is 5.92 Å². The van der Waals surface area contributed by atoms with Gasteiger partial charge in [0.25, 0.3) is 0 Å². The maximum atomic E-state index is 13.5. The number of aromatic nitrogens is 1. The Bertz CT molecular complexity index is 627. The lowest BCUT2D eigenvalue weighted by Crippen LogP contribution is -2.39. The second kappa shape index (κ2) is 4.88. The average Bonchev–Trinajstić information content (AvgIpc) is 2.74. The minimum absolute atomic E-state index is 0.131. The van der Waals surface area contributed by atoms with Gasteiger partial charge in [0.15, 0.2) is 0 Å². The highest BCUT2D eigenvalue weighted by molar-refractivity contribution is 5.85. The van der Waals surface area contributed by atoms with Crippen LogP contribution in [0.1, 0.15) is 36.9 Å². The topological polar surface area (TPSA) is 27.8 Å². The van der Waals surface area contributed by atoms with Crippen molar-refractivity contribution in [3.8, 4) is 0 Å². The van der Waals surface area contributed by atoms with Gasteiger partial charge in [0, 0.05) is 22.6 Å². The minimum atomic E-state index is -0.131. The monoisotopic (exact) mass is 272 g/mol. The summed E-state index contributed by atoms with van der Waals surface area (Å²) in [5.41, 5.74) is 3.76. The molecule has 0 unspecified atom stereocenters. The first-order chi connectivity index (χ1) is 9.79. The van der Waals surface area contributed by atoms with Crippen LogP contribution in [0.15, 0.2) is 18.2 Å². The summed E-state index contributed by atoms with van der Waals surface area (Å²) in [4.78, 5) is 3.46. The molecule has 1 atom stereocenters. The van der Waals surface area contributed by atoms with Crippen LogP contribution < -0.4 is 5.32 Å². The largest absolute Gasteiger partial charge is 0.358 e. The van der Waals surface area contributed by atoms with Gasteiger partial charge in [0.1, 0.15) is 5.82 Å². The number of nitrogens with one attached hydrogen (secondary N) is 2. The summed E-state index contributed by atoms with van der Waals surface area (Å²) < 4.78 is 13.5. The molecule has 0 radical (unpaired) electrons. The molecule has 2 N–H and O–H groups in total. The maximum absolute atomic E-state index is 13.5. The lowest BCUT2D eigenvalue weighted by molar-refractivity contribution is 0.305. The lowest BCUT2D eigenvalue weighted by Gasteiger charge is -2.30. The number of halogens is 1. The van der Waals surface area contributed by atoms with Crippen molar-refractivity contribution in [3.05, 3.63) is 35.3 Å². The Morgan fingerprint density at radius 1 is 1.25 bits per heavy atom. The van der Waals surface area contributed by atoms with E-state index in [9.17, 15) is 4.39 Å². The molecule has 2 nitrogen and oxygen atoms in total. The van der Waals surface area contributed by atoms with Crippen LogP contribution in [0.3, 0.4) is 0 Å². The second-order valence-corrected chi connectivity index (χ2v) is 6.42. The molecule has 0 amide bonds. The van der Waals surface area contributed by atoms with Gasteiger partial charge in [0.2, 0.25) is 0 Å². The van der Waals surface area contributed by atoms with E-state index in [1.165, 1.54) is 36.9 Å². The molecule has 1 heterocycles. The summed E-state index contributed by atoms with van der Waals surface area (Å²) in [5, 5.41) is 4.78. The van der Waals surface area contributed by atoms with Crippen molar-refractivity contribution in [1.82, 2.24) is 10.3 Å². The lowest BCUT2D eigenvalue weighted by atomic mass is 9.85. The molecule has 0 bridgehead atoms. The first-order valence-corrected chi connectivity index (χ1v) is 7.82. The molecule has 1 aromatic carbocycles. The van der Waals surface area contributed by atoms with Crippen LogP contribution >= 0.6 is 0 Å². The normalized spacial score (nSPS) is 22.8.